The van der Waals surface area contributed by atoms with E-state index in [1.807, 2.05) is 134 Å². The van der Waals surface area contributed by atoms with Gasteiger partial charge in [-0.1, -0.05) is 91.0 Å². The van der Waals surface area contributed by atoms with Gasteiger partial charge in [-0.25, -0.2) is 43.1 Å². The highest BCUT2D eigenvalue weighted by atomic mass is 19.1. The maximum absolute atomic E-state index is 14.5. The van der Waals surface area contributed by atoms with Gasteiger partial charge in [-0.3, -0.25) is 63.7 Å². The number of aryl methyl sites for hydroxylation is 2. The average Bonchev–Trinajstić information content (AvgIpc) is 1.63. The van der Waals surface area contributed by atoms with Crippen molar-refractivity contribution in [2.75, 3.05) is 135 Å². The lowest BCUT2D eigenvalue weighted by Gasteiger charge is -2.30. The van der Waals surface area contributed by atoms with Gasteiger partial charge >= 0.3 is 0 Å². The van der Waals surface area contributed by atoms with E-state index >= 15 is 0 Å². The minimum Gasteiger partial charge on any atom is -0.367 e. The van der Waals surface area contributed by atoms with Gasteiger partial charge in [-0.15, -0.1) is 0 Å². The minimum atomic E-state index is -1.15. The van der Waals surface area contributed by atoms with Gasteiger partial charge in [-0.05, 0) is 219 Å². The number of carbonyl (C=O) groups excluding carboxylic acids is 6. The summed E-state index contributed by atoms with van der Waals surface area (Å²) in [4.78, 5) is 123. The number of nitrogens with zero attached hydrogens (tertiary/aromatic N) is 16. The Kier molecular flexibility index (Phi) is 28.5. The van der Waals surface area contributed by atoms with Crippen LogP contribution < -0.4 is 16.0 Å². The number of aromatic amines is 3. The van der Waals surface area contributed by atoms with E-state index < -0.39 is 28.4 Å². The molecular formula is C112H109F3N22O9. The summed E-state index contributed by atoms with van der Waals surface area (Å²) < 4.78 is 59.4. The third kappa shape index (κ3) is 21.4. The van der Waals surface area contributed by atoms with Crippen molar-refractivity contribution in [2.45, 2.75) is 87.9 Å². The molecule has 13 heterocycles. The van der Waals surface area contributed by atoms with Gasteiger partial charge in [0, 0.05) is 228 Å². The molecule has 6 N–H and O–H groups in total. The number of likely N-dealkylation sites (tertiary alicyclic amines) is 3. The molecule has 0 radical (unpaired) electrons. The van der Waals surface area contributed by atoms with Gasteiger partial charge in [0.15, 0.2) is 34.3 Å². The van der Waals surface area contributed by atoms with Crippen molar-refractivity contribution >= 4 is 102 Å². The van der Waals surface area contributed by atoms with E-state index in [0.717, 1.165) is 109 Å². The average molecular weight is 1960 g/mol. The molecule has 31 nitrogen and oxygen atoms in total. The molecule has 1 saturated carbocycles. The minimum absolute atomic E-state index is 0.000139. The summed E-state index contributed by atoms with van der Waals surface area (Å²) in [6.07, 6.45) is 24.8. The third-order valence-electron chi connectivity index (χ3n) is 28.7. The highest BCUT2D eigenvalue weighted by Crippen LogP contribution is 2.43. The number of rotatable bonds is 25. The van der Waals surface area contributed by atoms with Crippen LogP contribution in [-0.4, -0.2) is 267 Å². The summed E-state index contributed by atoms with van der Waals surface area (Å²) in [5.41, 5.74) is 17.1. The second kappa shape index (κ2) is 42.6. The highest BCUT2D eigenvalue weighted by Gasteiger charge is 2.49. The molecule has 7 aromatic heterocycles. The molecule has 0 bridgehead atoms. The van der Waals surface area contributed by atoms with Crippen LogP contribution in [0.1, 0.15) is 90.8 Å². The number of carbonyl (C=O) groups is 6. The summed E-state index contributed by atoms with van der Waals surface area (Å²) in [5.74, 6) is 0.199. The highest BCUT2D eigenvalue weighted by molar-refractivity contribution is 6.05. The smallest absolute Gasteiger partial charge is 0.258 e. The maximum atomic E-state index is 14.5. The first-order chi connectivity index (χ1) is 71.0. The number of benzene rings is 8. The number of pyridine rings is 1. The molecule has 34 heteroatoms. The Morgan fingerprint density at radius 1 is 0.384 bits per heavy atom. The molecule has 146 heavy (non-hydrogen) atoms. The first kappa shape index (κ1) is 97.6. The topological polar surface area (TPSA) is 362 Å². The molecule has 1 aliphatic carbocycles. The van der Waals surface area contributed by atoms with Crippen LogP contribution in [0.25, 0.3) is 117 Å². The van der Waals surface area contributed by atoms with Crippen molar-refractivity contribution in [3.8, 4) is 67.9 Å². The molecule has 8 aromatic carbocycles. The van der Waals surface area contributed by atoms with Gasteiger partial charge in [0.05, 0.1) is 41.9 Å². The number of H-pyrrole nitrogens is 3. The summed E-state index contributed by atoms with van der Waals surface area (Å²) in [6.45, 7) is 10.4. The van der Waals surface area contributed by atoms with Crippen molar-refractivity contribution in [3.05, 3.63) is 301 Å². The van der Waals surface area contributed by atoms with Gasteiger partial charge in [0.2, 0.25) is 17.7 Å². The lowest BCUT2D eigenvalue weighted by Crippen LogP contribution is -2.48. The van der Waals surface area contributed by atoms with E-state index in [-0.39, 0.29) is 73.0 Å². The molecule has 3 saturated heterocycles. The fourth-order valence-corrected chi connectivity index (χ4v) is 19.9. The number of halogens is 3. The zero-order chi connectivity index (χ0) is 101. The van der Waals surface area contributed by atoms with Crippen LogP contribution in [0.5, 0.6) is 0 Å². The normalized spacial score (nSPS) is 18.7. The molecule has 7 aliphatic rings. The monoisotopic (exact) mass is 1960 g/mol. The third-order valence-corrected chi connectivity index (χ3v) is 28.7. The van der Waals surface area contributed by atoms with Gasteiger partial charge in [-0.2, -0.15) is 15.3 Å². The summed E-state index contributed by atoms with van der Waals surface area (Å²) in [5, 5.41) is 33.6. The number of methoxy groups -OCH3 is 3. The first-order valence-corrected chi connectivity index (χ1v) is 49.0. The van der Waals surface area contributed by atoms with E-state index in [4.69, 9.17) is 14.2 Å². The van der Waals surface area contributed by atoms with Gasteiger partial charge < -0.3 is 44.9 Å². The standard InChI is InChI=1S/C39H40N8O3.C37H36FN7O3.C36H33F2N7O3/c1-25-21-41-37(42-22-25)29-7-3-26(4-8-29)27-12-16-47(17-13-27)35(48)23-46-18-14-39(24-46,50-2)38(49)43-31-9-10-33-32(20-31)36(45-44-33)30-11-15-40-34(19-30)28-5-6-28;1-24-20-28(8-10-31(24)38)34-30-21-29(9-11-32(30)42-43-34)41-36(47)37(48-2)14-19-44(23-37)22-33(46)45-17-12-26(13-18-45)25-4-6-27(7-5-25)35-39-15-3-16-40-35;1-48-36(35(47)41-27-8-10-31-29(20-27)33(43-42-31)28-9-7-26(37)19-30(28)38)13-18-44(22-36)21-32(46)45-16-11-24(12-17-45)23-3-5-25(6-4-23)34-39-14-2-15-40-34/h3-4,7-12,15,19-22,28H,5-6,13-14,16-18,23-24H2,1-2H3,(H,43,49)(H,44,45);3-12,15-16,20-21H,13-14,17-19,22-23H2,1-2H3,(H,41,47)(H,42,43);2-11,14-15,19-20H,12-13,16-18,21-22H2,1H3,(H,41,47)(H,42,43)/t39-;37-;36-/m000/s1. The van der Waals surface area contributed by atoms with Gasteiger partial charge in [0.1, 0.15) is 28.8 Å². The zero-order valence-electron chi connectivity index (χ0n) is 81.5. The molecule has 6 amide bonds. The predicted molar refractivity (Wildman–Crippen MR) is 552 cm³/mol. The van der Waals surface area contributed by atoms with E-state index in [0.29, 0.717) is 160 Å². The Bertz CT molecular complexity index is 7510. The predicted octanol–water partition coefficient (Wildman–Crippen LogP) is 16.4. The Labute approximate surface area is 840 Å². The fraction of sp³-hybridized carbons (Fsp3) is 0.286. The zero-order valence-corrected chi connectivity index (χ0v) is 81.5. The fourth-order valence-electron chi connectivity index (χ4n) is 19.9. The largest absolute Gasteiger partial charge is 0.367 e. The van der Waals surface area contributed by atoms with Crippen LogP contribution in [0.15, 0.2) is 250 Å². The molecule has 0 spiro atoms. The summed E-state index contributed by atoms with van der Waals surface area (Å²) >= 11 is 0. The first-order valence-electron chi connectivity index (χ1n) is 49.0. The number of hydrogen-bond acceptors (Lipinski definition) is 22. The summed E-state index contributed by atoms with van der Waals surface area (Å²) in [6, 6.07) is 56.9. The lowest BCUT2D eigenvalue weighted by molar-refractivity contribution is -0.138. The molecule has 22 rings (SSSR count). The molecule has 0 unspecified atom stereocenters. The number of fused-ring (bicyclic) bond motifs is 3. The van der Waals surface area contributed by atoms with Crippen molar-refractivity contribution in [1.82, 2.24) is 94.9 Å². The number of ether oxygens (including phenoxy) is 3. The second-order valence-corrected chi connectivity index (χ2v) is 38.1. The molecule has 742 valence electrons. The van der Waals surface area contributed by atoms with Crippen molar-refractivity contribution in [2.24, 2.45) is 0 Å². The van der Waals surface area contributed by atoms with Crippen LogP contribution in [0.2, 0.25) is 0 Å². The molecular weight excluding hydrogens is 1850 g/mol. The van der Waals surface area contributed by atoms with Crippen LogP contribution in [-0.2, 0) is 43.0 Å². The Hall–Kier alpha value is -15.9. The van der Waals surface area contributed by atoms with Crippen LogP contribution >= 0.6 is 0 Å². The van der Waals surface area contributed by atoms with E-state index in [2.05, 4.69) is 142 Å². The Balaban J connectivity index is 0.000000133. The Morgan fingerprint density at radius 2 is 0.753 bits per heavy atom. The number of aromatic nitrogens is 13. The van der Waals surface area contributed by atoms with E-state index in [1.165, 1.54) is 62.0 Å². The number of hydrogen-bond donors (Lipinski definition) is 6. The van der Waals surface area contributed by atoms with Crippen molar-refractivity contribution < 1.29 is 56.1 Å². The van der Waals surface area contributed by atoms with Crippen LogP contribution in [0, 0.1) is 31.3 Å². The van der Waals surface area contributed by atoms with Crippen LogP contribution in [0.4, 0.5) is 30.2 Å². The molecule has 15 aromatic rings. The molecule has 4 fully saturated rings. The number of amides is 6. The van der Waals surface area contributed by atoms with Gasteiger partial charge in [0.25, 0.3) is 17.7 Å². The molecule has 6 aliphatic heterocycles. The number of anilines is 3. The Morgan fingerprint density at radius 3 is 1.12 bits per heavy atom. The maximum Gasteiger partial charge on any atom is 0.258 e. The quantitative estimate of drug-likeness (QED) is 0.0309. The van der Waals surface area contributed by atoms with Crippen molar-refractivity contribution in [1.29, 1.82) is 0 Å². The van der Waals surface area contributed by atoms with Crippen molar-refractivity contribution in [3.63, 3.8) is 0 Å². The lowest BCUT2D eigenvalue weighted by atomic mass is 9.98. The SMILES string of the molecule is CO[C@@]1(C(=O)Nc2ccc3[nH]nc(-c4ccc(F)c(C)c4)c3c2)CCN(CC(=O)N2CC=C(c3ccc(-c4ncccn4)cc3)CC2)C1.CO[C@@]1(C(=O)Nc2ccc3[nH]nc(-c4ccc(F)cc4F)c3c2)CCN(CC(=O)N2CC=C(c3ccc(-c4ncccn4)cc3)CC2)C1.CO[C@@]1(C(=O)Nc2ccc3[nH]nc(-c4ccnc(C5CC5)c4)c3c2)CCN(CC(=O)N2CC=C(c3ccc(-c4ncc(C)cn4)cc3)CC2)C1. The van der Waals surface area contributed by atoms with Crippen LogP contribution in [0.3, 0.4) is 0 Å². The van der Waals surface area contributed by atoms with E-state index in [9.17, 15) is 41.9 Å². The molecule has 3 atom stereocenters. The summed E-state index contributed by atoms with van der Waals surface area (Å²) in [7, 11) is 4.60. The number of nitrogens with one attached hydrogen (secondary N) is 6. The van der Waals surface area contributed by atoms with E-state index in [1.54, 1.807) is 81.3 Å². The second-order valence-electron chi connectivity index (χ2n) is 38.1.